The van der Waals surface area contributed by atoms with Crippen LogP contribution in [-0.2, 0) is 11.3 Å². The lowest BCUT2D eigenvalue weighted by atomic mass is 10.0. The van der Waals surface area contributed by atoms with Crippen molar-refractivity contribution in [2.75, 3.05) is 13.1 Å². The number of benzene rings is 1. The summed E-state index contributed by atoms with van der Waals surface area (Å²) in [5.41, 5.74) is 1.81. The molecule has 0 bridgehead atoms. The molecule has 5 nitrogen and oxygen atoms in total. The SMILES string of the molecule is Cc1sc2ncn(CC(=O)N3CCCCC3)c(=O)c2c1-c1ccccc1. The largest absolute Gasteiger partial charge is 0.341 e. The van der Waals surface area contributed by atoms with Crippen molar-refractivity contribution in [2.45, 2.75) is 32.7 Å². The Kier molecular flexibility index (Phi) is 4.59. The van der Waals surface area contributed by atoms with Crippen LogP contribution in [0.15, 0.2) is 41.5 Å². The Hall–Kier alpha value is -2.47. The molecule has 0 N–H and O–H groups in total. The van der Waals surface area contributed by atoms with Gasteiger partial charge in [0.2, 0.25) is 5.91 Å². The highest BCUT2D eigenvalue weighted by atomic mass is 32.1. The van der Waals surface area contributed by atoms with Crippen molar-refractivity contribution in [3.8, 4) is 11.1 Å². The number of amides is 1. The van der Waals surface area contributed by atoms with Gasteiger partial charge in [-0.05, 0) is 31.7 Å². The number of fused-ring (bicyclic) bond motifs is 1. The van der Waals surface area contributed by atoms with Crippen LogP contribution in [0.2, 0.25) is 0 Å². The highest BCUT2D eigenvalue weighted by Crippen LogP contribution is 2.35. The number of carbonyl (C=O) groups excluding carboxylic acids is 1. The zero-order valence-electron chi connectivity index (χ0n) is 14.8. The van der Waals surface area contributed by atoms with E-state index in [0.29, 0.717) is 5.39 Å². The molecule has 3 aromatic rings. The Labute approximate surface area is 155 Å². The minimum Gasteiger partial charge on any atom is -0.341 e. The van der Waals surface area contributed by atoms with Crippen molar-refractivity contribution in [3.63, 3.8) is 0 Å². The quantitative estimate of drug-likeness (QED) is 0.712. The number of aryl methyl sites for hydroxylation is 1. The van der Waals surface area contributed by atoms with E-state index in [1.807, 2.05) is 42.2 Å². The first-order valence-electron chi connectivity index (χ1n) is 8.97. The monoisotopic (exact) mass is 367 g/mol. The van der Waals surface area contributed by atoms with Crippen molar-refractivity contribution in [3.05, 3.63) is 51.9 Å². The first-order valence-corrected chi connectivity index (χ1v) is 9.78. The molecular formula is C20H21N3O2S. The van der Waals surface area contributed by atoms with Gasteiger partial charge < -0.3 is 4.90 Å². The molecule has 1 fully saturated rings. The van der Waals surface area contributed by atoms with Crippen molar-refractivity contribution >= 4 is 27.5 Å². The Morgan fingerprint density at radius 2 is 1.88 bits per heavy atom. The van der Waals surface area contributed by atoms with Crippen molar-refractivity contribution in [1.29, 1.82) is 0 Å². The van der Waals surface area contributed by atoms with Gasteiger partial charge in [-0.1, -0.05) is 30.3 Å². The van der Waals surface area contributed by atoms with E-state index in [4.69, 9.17) is 0 Å². The molecule has 6 heteroatoms. The van der Waals surface area contributed by atoms with Crippen LogP contribution in [0.1, 0.15) is 24.1 Å². The molecule has 1 saturated heterocycles. The van der Waals surface area contributed by atoms with Gasteiger partial charge >= 0.3 is 0 Å². The van der Waals surface area contributed by atoms with Crippen LogP contribution in [0.3, 0.4) is 0 Å². The fourth-order valence-electron chi connectivity index (χ4n) is 3.59. The van der Waals surface area contributed by atoms with Gasteiger partial charge in [-0.3, -0.25) is 14.2 Å². The molecule has 1 aromatic carbocycles. The molecular weight excluding hydrogens is 346 g/mol. The Balaban J connectivity index is 1.75. The predicted molar refractivity (Wildman–Crippen MR) is 104 cm³/mol. The van der Waals surface area contributed by atoms with Gasteiger partial charge in [0.05, 0.1) is 11.7 Å². The van der Waals surface area contributed by atoms with E-state index in [1.54, 1.807) is 0 Å². The van der Waals surface area contributed by atoms with Gasteiger partial charge in [-0.25, -0.2) is 4.98 Å². The topological polar surface area (TPSA) is 55.2 Å². The molecule has 2 aromatic heterocycles. The number of hydrogen-bond acceptors (Lipinski definition) is 4. The number of likely N-dealkylation sites (tertiary alicyclic amines) is 1. The van der Waals surface area contributed by atoms with Crippen molar-refractivity contribution in [2.24, 2.45) is 0 Å². The van der Waals surface area contributed by atoms with Crippen LogP contribution < -0.4 is 5.56 Å². The van der Waals surface area contributed by atoms with E-state index in [2.05, 4.69) is 4.98 Å². The molecule has 1 aliphatic rings. The summed E-state index contributed by atoms with van der Waals surface area (Å²) in [7, 11) is 0. The number of piperidine rings is 1. The fraction of sp³-hybridized carbons (Fsp3) is 0.350. The standard InChI is InChI=1S/C20H21N3O2S/c1-14-17(15-8-4-2-5-9-15)18-19(26-14)21-13-23(20(18)25)12-16(24)22-10-6-3-7-11-22/h2,4-5,8-9,13H,3,6-7,10-12H2,1H3. The number of thiophene rings is 1. The average molecular weight is 367 g/mol. The van der Waals surface area contributed by atoms with E-state index >= 15 is 0 Å². The van der Waals surface area contributed by atoms with Crippen molar-refractivity contribution < 1.29 is 4.79 Å². The van der Waals surface area contributed by atoms with Gasteiger partial charge in [-0.15, -0.1) is 11.3 Å². The first-order chi connectivity index (χ1) is 12.6. The van der Waals surface area contributed by atoms with Gasteiger partial charge in [0.1, 0.15) is 11.4 Å². The minimum absolute atomic E-state index is 0.00108. The lowest BCUT2D eigenvalue weighted by Gasteiger charge is -2.26. The summed E-state index contributed by atoms with van der Waals surface area (Å²) in [4.78, 5) is 33.8. The summed E-state index contributed by atoms with van der Waals surface area (Å²) in [5.74, 6) is 0.00108. The third kappa shape index (κ3) is 3.05. The fourth-order valence-corrected chi connectivity index (χ4v) is 4.59. The van der Waals surface area contributed by atoms with E-state index in [0.717, 1.165) is 46.8 Å². The molecule has 0 unspecified atom stereocenters. The summed E-state index contributed by atoms with van der Waals surface area (Å²) in [6, 6.07) is 9.90. The Morgan fingerprint density at radius 3 is 2.62 bits per heavy atom. The van der Waals surface area contributed by atoms with E-state index in [1.165, 1.54) is 28.7 Å². The highest BCUT2D eigenvalue weighted by Gasteiger charge is 2.20. The third-order valence-corrected chi connectivity index (χ3v) is 5.94. The van der Waals surface area contributed by atoms with Crippen LogP contribution in [0, 0.1) is 6.92 Å². The van der Waals surface area contributed by atoms with E-state index < -0.39 is 0 Å². The minimum atomic E-state index is -0.136. The second-order valence-electron chi connectivity index (χ2n) is 6.70. The van der Waals surface area contributed by atoms with Crippen LogP contribution in [0.4, 0.5) is 0 Å². The molecule has 26 heavy (non-hydrogen) atoms. The average Bonchev–Trinajstić information content (AvgIpc) is 3.02. The number of hydrogen-bond donors (Lipinski definition) is 0. The molecule has 1 amide bonds. The lowest BCUT2D eigenvalue weighted by molar-refractivity contribution is -0.132. The second kappa shape index (κ2) is 7.03. The predicted octanol–water partition coefficient (Wildman–Crippen LogP) is 3.45. The summed E-state index contributed by atoms with van der Waals surface area (Å²) < 4.78 is 1.46. The number of nitrogens with zero attached hydrogens (tertiary/aromatic N) is 3. The maximum absolute atomic E-state index is 13.1. The maximum Gasteiger partial charge on any atom is 0.263 e. The molecule has 0 saturated carbocycles. The molecule has 0 radical (unpaired) electrons. The molecule has 0 spiro atoms. The van der Waals surface area contributed by atoms with Gasteiger partial charge in [0.15, 0.2) is 0 Å². The molecule has 3 heterocycles. The third-order valence-electron chi connectivity index (χ3n) is 4.93. The zero-order valence-corrected chi connectivity index (χ0v) is 15.6. The smallest absolute Gasteiger partial charge is 0.263 e. The summed E-state index contributed by atoms with van der Waals surface area (Å²) in [6.45, 7) is 3.65. The molecule has 1 aliphatic heterocycles. The number of aromatic nitrogens is 2. The van der Waals surface area contributed by atoms with E-state index in [9.17, 15) is 9.59 Å². The first kappa shape index (κ1) is 17.0. The van der Waals surface area contributed by atoms with Gasteiger partial charge in [-0.2, -0.15) is 0 Å². The second-order valence-corrected chi connectivity index (χ2v) is 7.90. The zero-order chi connectivity index (χ0) is 18.1. The maximum atomic E-state index is 13.1. The van der Waals surface area contributed by atoms with E-state index in [-0.39, 0.29) is 18.0 Å². The van der Waals surface area contributed by atoms with Crippen molar-refractivity contribution in [1.82, 2.24) is 14.5 Å². The molecule has 0 atom stereocenters. The van der Waals surface area contributed by atoms with Crippen LogP contribution in [0.5, 0.6) is 0 Å². The lowest BCUT2D eigenvalue weighted by Crippen LogP contribution is -2.39. The normalized spacial score (nSPS) is 14.7. The Morgan fingerprint density at radius 1 is 1.15 bits per heavy atom. The summed E-state index contributed by atoms with van der Waals surface area (Å²) in [5, 5.41) is 0.618. The number of rotatable bonds is 3. The van der Waals surface area contributed by atoms with Gasteiger partial charge in [0.25, 0.3) is 5.56 Å². The molecule has 4 rings (SSSR count). The summed E-state index contributed by atoms with van der Waals surface area (Å²) in [6.07, 6.45) is 4.77. The number of carbonyl (C=O) groups is 1. The molecule has 0 aliphatic carbocycles. The Bertz CT molecular complexity index is 1000. The highest BCUT2D eigenvalue weighted by molar-refractivity contribution is 7.19. The van der Waals surface area contributed by atoms with Crippen LogP contribution in [-0.4, -0.2) is 33.4 Å². The molecule has 134 valence electrons. The van der Waals surface area contributed by atoms with Crippen LogP contribution >= 0.6 is 11.3 Å². The van der Waals surface area contributed by atoms with Gasteiger partial charge in [0, 0.05) is 23.5 Å². The summed E-state index contributed by atoms with van der Waals surface area (Å²) >= 11 is 1.52. The van der Waals surface area contributed by atoms with Crippen LogP contribution in [0.25, 0.3) is 21.3 Å².